The van der Waals surface area contributed by atoms with Crippen LogP contribution < -0.4 is 0 Å². The molecule has 0 atom stereocenters. The van der Waals surface area contributed by atoms with Crippen molar-refractivity contribution in [2.75, 3.05) is 0 Å². The molecule has 3 nitrogen and oxygen atoms in total. The van der Waals surface area contributed by atoms with Gasteiger partial charge < -0.3 is 0 Å². The van der Waals surface area contributed by atoms with Crippen LogP contribution in [0.1, 0.15) is 45.0 Å². The molecule has 0 saturated carbocycles. The first-order chi connectivity index (χ1) is 7.21. The van der Waals surface area contributed by atoms with E-state index in [0.717, 1.165) is 25.1 Å². The third kappa shape index (κ3) is 3.18. The van der Waals surface area contributed by atoms with E-state index in [1.54, 1.807) is 0 Å². The van der Waals surface area contributed by atoms with E-state index < -0.39 is 0 Å². The van der Waals surface area contributed by atoms with Crippen molar-refractivity contribution in [3.8, 4) is 0 Å². The lowest BCUT2D eigenvalue weighted by molar-refractivity contribution is -0.118. The van der Waals surface area contributed by atoms with Crippen LogP contribution in [0.2, 0.25) is 0 Å². The molecular formula is C12H20N2O. The summed E-state index contributed by atoms with van der Waals surface area (Å²) in [6, 6.07) is 2.12. The van der Waals surface area contributed by atoms with Crippen LogP contribution >= 0.6 is 0 Å². The fourth-order valence-corrected chi connectivity index (χ4v) is 1.61. The third-order valence-corrected chi connectivity index (χ3v) is 2.63. The van der Waals surface area contributed by atoms with E-state index in [0.29, 0.717) is 18.6 Å². The molecular weight excluding hydrogens is 188 g/mol. The number of carbonyl (C=O) groups is 1. The van der Waals surface area contributed by atoms with E-state index in [1.807, 2.05) is 11.6 Å². The monoisotopic (exact) mass is 208 g/mol. The molecule has 0 aliphatic carbocycles. The zero-order valence-corrected chi connectivity index (χ0v) is 9.92. The number of ketones is 1. The Labute approximate surface area is 91.5 Å². The first kappa shape index (κ1) is 12.0. The number of hydrogen-bond donors (Lipinski definition) is 0. The van der Waals surface area contributed by atoms with Gasteiger partial charge in [-0.05, 0) is 25.8 Å². The number of rotatable bonds is 6. The number of aromatic nitrogens is 2. The molecule has 84 valence electrons. The molecule has 0 aromatic carbocycles. The zero-order chi connectivity index (χ0) is 11.3. The standard InChI is InChI=1S/C12H20N2O/c1-4-10-9-11(14(6-3)13-10)7-8-12(15)5-2/h9H,4-8H2,1-3H3. The molecule has 0 aliphatic heterocycles. The Balaban J connectivity index is 2.66. The van der Waals surface area contributed by atoms with Gasteiger partial charge in [-0.2, -0.15) is 5.10 Å². The summed E-state index contributed by atoms with van der Waals surface area (Å²) in [6.45, 7) is 6.98. The lowest BCUT2D eigenvalue weighted by Crippen LogP contribution is -2.05. The van der Waals surface area contributed by atoms with Gasteiger partial charge >= 0.3 is 0 Å². The number of Topliss-reactive ketones (excluding diaryl/α,β-unsaturated/α-hetero) is 1. The molecule has 0 N–H and O–H groups in total. The van der Waals surface area contributed by atoms with Gasteiger partial charge in [-0.15, -0.1) is 0 Å². The Morgan fingerprint density at radius 2 is 2.13 bits per heavy atom. The van der Waals surface area contributed by atoms with Crippen LogP contribution in [-0.2, 0) is 24.2 Å². The largest absolute Gasteiger partial charge is 0.300 e. The molecule has 3 heteroatoms. The Morgan fingerprint density at radius 1 is 1.40 bits per heavy atom. The first-order valence-corrected chi connectivity index (χ1v) is 5.78. The summed E-state index contributed by atoms with van der Waals surface area (Å²) in [7, 11) is 0. The maximum atomic E-state index is 11.2. The molecule has 0 fully saturated rings. The maximum absolute atomic E-state index is 11.2. The molecule has 1 aromatic heterocycles. The molecule has 0 aliphatic rings. The second-order valence-electron chi connectivity index (χ2n) is 3.69. The fourth-order valence-electron chi connectivity index (χ4n) is 1.61. The van der Waals surface area contributed by atoms with E-state index in [2.05, 4.69) is 25.0 Å². The summed E-state index contributed by atoms with van der Waals surface area (Å²) in [5.41, 5.74) is 2.31. The number of aryl methyl sites for hydroxylation is 3. The molecule has 1 aromatic rings. The van der Waals surface area contributed by atoms with Crippen LogP contribution in [0.15, 0.2) is 6.07 Å². The van der Waals surface area contributed by atoms with Gasteiger partial charge in [0.05, 0.1) is 5.69 Å². The van der Waals surface area contributed by atoms with Gasteiger partial charge in [-0.25, -0.2) is 0 Å². The van der Waals surface area contributed by atoms with Gasteiger partial charge in [0, 0.05) is 25.1 Å². The van der Waals surface area contributed by atoms with Crippen molar-refractivity contribution in [2.45, 2.75) is 53.0 Å². The molecule has 1 rings (SSSR count). The summed E-state index contributed by atoms with van der Waals surface area (Å²) < 4.78 is 2.00. The van der Waals surface area contributed by atoms with Gasteiger partial charge in [0.1, 0.15) is 5.78 Å². The predicted molar refractivity (Wildman–Crippen MR) is 60.9 cm³/mol. The van der Waals surface area contributed by atoms with Crippen LogP contribution in [0.25, 0.3) is 0 Å². The van der Waals surface area contributed by atoms with Gasteiger partial charge in [-0.1, -0.05) is 13.8 Å². The van der Waals surface area contributed by atoms with Gasteiger partial charge in [0.25, 0.3) is 0 Å². The van der Waals surface area contributed by atoms with Gasteiger partial charge in [0.2, 0.25) is 0 Å². The number of carbonyl (C=O) groups excluding carboxylic acids is 1. The summed E-state index contributed by atoms with van der Waals surface area (Å²) in [6.07, 6.45) is 3.07. The van der Waals surface area contributed by atoms with Gasteiger partial charge in [0.15, 0.2) is 0 Å². The van der Waals surface area contributed by atoms with Gasteiger partial charge in [-0.3, -0.25) is 9.48 Å². The van der Waals surface area contributed by atoms with Crippen molar-refractivity contribution < 1.29 is 4.79 Å². The first-order valence-electron chi connectivity index (χ1n) is 5.78. The molecule has 0 saturated heterocycles. The molecule has 15 heavy (non-hydrogen) atoms. The van der Waals surface area contributed by atoms with Crippen LogP contribution in [0, 0.1) is 0 Å². The second kappa shape index (κ2) is 5.69. The fraction of sp³-hybridized carbons (Fsp3) is 0.667. The Hall–Kier alpha value is -1.12. The van der Waals surface area contributed by atoms with Crippen molar-refractivity contribution >= 4 is 5.78 Å². The molecule has 0 spiro atoms. The molecule has 0 amide bonds. The van der Waals surface area contributed by atoms with E-state index in [1.165, 1.54) is 5.69 Å². The molecule has 0 unspecified atom stereocenters. The number of nitrogens with zero attached hydrogens (tertiary/aromatic N) is 2. The highest BCUT2D eigenvalue weighted by molar-refractivity contribution is 5.78. The maximum Gasteiger partial charge on any atom is 0.133 e. The van der Waals surface area contributed by atoms with E-state index in [9.17, 15) is 4.79 Å². The predicted octanol–water partition coefficient (Wildman–Crippen LogP) is 2.38. The minimum atomic E-state index is 0.330. The topological polar surface area (TPSA) is 34.9 Å². The SMILES string of the molecule is CCC(=O)CCc1cc(CC)nn1CC. The summed E-state index contributed by atoms with van der Waals surface area (Å²) in [5.74, 6) is 0.330. The van der Waals surface area contributed by atoms with E-state index >= 15 is 0 Å². The molecule has 0 bridgehead atoms. The van der Waals surface area contributed by atoms with Crippen molar-refractivity contribution in [1.82, 2.24) is 9.78 Å². The van der Waals surface area contributed by atoms with Crippen molar-refractivity contribution in [2.24, 2.45) is 0 Å². The highest BCUT2D eigenvalue weighted by atomic mass is 16.1. The lowest BCUT2D eigenvalue weighted by atomic mass is 10.1. The molecule has 1 heterocycles. The average Bonchev–Trinajstić information content (AvgIpc) is 2.68. The second-order valence-corrected chi connectivity index (χ2v) is 3.69. The van der Waals surface area contributed by atoms with Crippen LogP contribution in [0.4, 0.5) is 0 Å². The van der Waals surface area contributed by atoms with Crippen LogP contribution in [0.5, 0.6) is 0 Å². The summed E-state index contributed by atoms with van der Waals surface area (Å²) in [4.78, 5) is 11.2. The highest BCUT2D eigenvalue weighted by Crippen LogP contribution is 2.08. The van der Waals surface area contributed by atoms with Crippen molar-refractivity contribution in [3.63, 3.8) is 0 Å². The minimum absolute atomic E-state index is 0.330. The van der Waals surface area contributed by atoms with Crippen LogP contribution in [0.3, 0.4) is 0 Å². The highest BCUT2D eigenvalue weighted by Gasteiger charge is 2.07. The lowest BCUT2D eigenvalue weighted by Gasteiger charge is -2.02. The summed E-state index contributed by atoms with van der Waals surface area (Å²) >= 11 is 0. The average molecular weight is 208 g/mol. The quantitative estimate of drug-likeness (QED) is 0.719. The summed E-state index contributed by atoms with van der Waals surface area (Å²) in [5, 5.41) is 4.46. The van der Waals surface area contributed by atoms with Crippen molar-refractivity contribution in [1.29, 1.82) is 0 Å². The van der Waals surface area contributed by atoms with E-state index in [-0.39, 0.29) is 0 Å². The normalized spacial score (nSPS) is 10.6. The smallest absolute Gasteiger partial charge is 0.133 e. The Bertz CT molecular complexity index is 328. The number of hydrogen-bond acceptors (Lipinski definition) is 2. The Kier molecular flexibility index (Phi) is 4.53. The minimum Gasteiger partial charge on any atom is -0.300 e. The Morgan fingerprint density at radius 3 is 2.67 bits per heavy atom. The van der Waals surface area contributed by atoms with Crippen molar-refractivity contribution in [3.05, 3.63) is 17.5 Å². The van der Waals surface area contributed by atoms with Crippen LogP contribution in [-0.4, -0.2) is 15.6 Å². The van der Waals surface area contributed by atoms with E-state index in [4.69, 9.17) is 0 Å². The third-order valence-electron chi connectivity index (χ3n) is 2.63. The zero-order valence-electron chi connectivity index (χ0n) is 9.92. The molecule has 0 radical (unpaired) electrons.